The number of ether oxygens (including phenoxy) is 1. The zero-order valence-corrected chi connectivity index (χ0v) is 8.50. The number of hydrogen-bond donors (Lipinski definition) is 1. The van der Waals surface area contributed by atoms with Crippen LogP contribution in [0.25, 0.3) is 0 Å². The molecular formula is C10H18N2O2. The van der Waals surface area contributed by atoms with Gasteiger partial charge in [0.25, 0.3) is 0 Å². The monoisotopic (exact) mass is 198 g/mol. The maximum Gasteiger partial charge on any atom is 0.320 e. The molecular weight excluding hydrogens is 180 g/mol. The quantitative estimate of drug-likeness (QED) is 0.664. The van der Waals surface area contributed by atoms with Crippen molar-refractivity contribution in [3.8, 4) is 0 Å². The second kappa shape index (κ2) is 4.75. The van der Waals surface area contributed by atoms with Crippen molar-refractivity contribution in [1.29, 1.82) is 0 Å². The Labute approximate surface area is 84.6 Å². The first kappa shape index (κ1) is 9.93. The Morgan fingerprint density at radius 1 is 1.43 bits per heavy atom. The van der Waals surface area contributed by atoms with Gasteiger partial charge in [0.15, 0.2) is 0 Å². The molecule has 0 radical (unpaired) electrons. The predicted octanol–water partition coefficient (Wildman–Crippen LogP) is 0.335. The van der Waals surface area contributed by atoms with Crippen molar-refractivity contribution in [3.05, 3.63) is 0 Å². The molecule has 1 N–H and O–H groups in total. The van der Waals surface area contributed by atoms with E-state index in [1.54, 1.807) is 0 Å². The van der Waals surface area contributed by atoms with Crippen LogP contribution in [0.15, 0.2) is 0 Å². The van der Waals surface area contributed by atoms with E-state index < -0.39 is 0 Å². The van der Waals surface area contributed by atoms with Crippen LogP contribution in [-0.2, 0) is 9.53 Å². The van der Waals surface area contributed by atoms with Crippen molar-refractivity contribution < 1.29 is 9.53 Å². The summed E-state index contributed by atoms with van der Waals surface area (Å²) in [6, 6.07) is 0. The van der Waals surface area contributed by atoms with Crippen LogP contribution in [0.1, 0.15) is 25.7 Å². The summed E-state index contributed by atoms with van der Waals surface area (Å²) in [6.07, 6.45) is 4.75. The molecule has 0 atom stereocenters. The summed E-state index contributed by atoms with van der Waals surface area (Å²) in [7, 11) is 0. The van der Waals surface area contributed by atoms with Crippen molar-refractivity contribution in [1.82, 2.24) is 10.2 Å². The summed E-state index contributed by atoms with van der Waals surface area (Å²) < 4.78 is 5.36. The van der Waals surface area contributed by atoms with Gasteiger partial charge in [-0.1, -0.05) is 0 Å². The second-order valence-electron chi connectivity index (χ2n) is 4.11. The first-order valence-corrected chi connectivity index (χ1v) is 5.47. The fourth-order valence-corrected chi connectivity index (χ4v) is 2.10. The topological polar surface area (TPSA) is 41.6 Å². The third-order valence-electron chi connectivity index (χ3n) is 2.89. The van der Waals surface area contributed by atoms with E-state index in [0.29, 0.717) is 6.54 Å². The lowest BCUT2D eigenvalue weighted by Crippen LogP contribution is -2.31. The number of esters is 1. The zero-order valence-electron chi connectivity index (χ0n) is 8.50. The highest BCUT2D eigenvalue weighted by molar-refractivity contribution is 5.71. The lowest BCUT2D eigenvalue weighted by atomic mass is 10.3. The predicted molar refractivity (Wildman–Crippen MR) is 52.8 cm³/mol. The maximum absolute atomic E-state index is 11.5. The third-order valence-corrected chi connectivity index (χ3v) is 2.89. The molecule has 2 fully saturated rings. The molecule has 0 amide bonds. The molecule has 0 unspecified atom stereocenters. The van der Waals surface area contributed by atoms with E-state index in [-0.39, 0.29) is 12.1 Å². The van der Waals surface area contributed by atoms with Crippen LogP contribution in [0.4, 0.5) is 0 Å². The van der Waals surface area contributed by atoms with Gasteiger partial charge in [-0.3, -0.25) is 9.69 Å². The van der Waals surface area contributed by atoms with Crippen LogP contribution in [0.5, 0.6) is 0 Å². The van der Waals surface area contributed by atoms with Crippen LogP contribution in [-0.4, -0.2) is 43.3 Å². The highest BCUT2D eigenvalue weighted by Gasteiger charge is 2.21. The van der Waals surface area contributed by atoms with Gasteiger partial charge in [-0.15, -0.1) is 0 Å². The molecule has 0 aromatic heterocycles. The number of nitrogens with zero attached hydrogens (tertiary/aromatic N) is 1. The fourth-order valence-electron chi connectivity index (χ4n) is 2.10. The Bertz CT molecular complexity index is 176. The molecule has 2 rings (SSSR count). The molecule has 4 heteroatoms. The number of rotatable bonds is 3. The van der Waals surface area contributed by atoms with Crippen molar-refractivity contribution in [2.24, 2.45) is 0 Å². The SMILES string of the molecule is O=C(CN1CCNC1)OC1CCCC1. The highest BCUT2D eigenvalue weighted by atomic mass is 16.5. The molecule has 1 aliphatic heterocycles. The Hall–Kier alpha value is -0.610. The van der Waals surface area contributed by atoms with Gasteiger partial charge in [0, 0.05) is 19.8 Å². The van der Waals surface area contributed by atoms with E-state index in [4.69, 9.17) is 4.74 Å². The summed E-state index contributed by atoms with van der Waals surface area (Å²) in [6.45, 7) is 3.21. The van der Waals surface area contributed by atoms with Crippen molar-refractivity contribution >= 4 is 5.97 Å². The Morgan fingerprint density at radius 3 is 2.86 bits per heavy atom. The average molecular weight is 198 g/mol. The molecule has 1 saturated heterocycles. The number of carbonyl (C=O) groups excluding carboxylic acids is 1. The number of hydrogen-bond acceptors (Lipinski definition) is 4. The van der Waals surface area contributed by atoms with Gasteiger partial charge in [-0.2, -0.15) is 0 Å². The van der Waals surface area contributed by atoms with E-state index >= 15 is 0 Å². The van der Waals surface area contributed by atoms with E-state index in [0.717, 1.165) is 32.6 Å². The molecule has 2 aliphatic rings. The van der Waals surface area contributed by atoms with Crippen LogP contribution < -0.4 is 5.32 Å². The van der Waals surface area contributed by atoms with E-state index in [2.05, 4.69) is 10.2 Å². The van der Waals surface area contributed by atoms with Gasteiger partial charge >= 0.3 is 5.97 Å². The van der Waals surface area contributed by atoms with Gasteiger partial charge < -0.3 is 10.1 Å². The Kier molecular flexibility index (Phi) is 3.37. The lowest BCUT2D eigenvalue weighted by Gasteiger charge is -2.15. The van der Waals surface area contributed by atoms with Crippen LogP contribution >= 0.6 is 0 Å². The molecule has 4 nitrogen and oxygen atoms in total. The minimum atomic E-state index is -0.0550. The number of carbonyl (C=O) groups is 1. The van der Waals surface area contributed by atoms with Crippen LogP contribution in [0.3, 0.4) is 0 Å². The highest BCUT2D eigenvalue weighted by Crippen LogP contribution is 2.20. The third kappa shape index (κ3) is 2.69. The van der Waals surface area contributed by atoms with Gasteiger partial charge in [0.1, 0.15) is 6.10 Å². The van der Waals surface area contributed by atoms with E-state index in [1.807, 2.05) is 0 Å². The first-order chi connectivity index (χ1) is 6.84. The zero-order chi connectivity index (χ0) is 9.80. The lowest BCUT2D eigenvalue weighted by molar-refractivity contribution is -0.149. The largest absolute Gasteiger partial charge is 0.461 e. The summed E-state index contributed by atoms with van der Waals surface area (Å²) >= 11 is 0. The Balaban J connectivity index is 1.66. The molecule has 14 heavy (non-hydrogen) atoms. The standard InChI is InChI=1S/C10H18N2O2/c13-10(7-12-6-5-11-8-12)14-9-3-1-2-4-9/h9,11H,1-8H2. The minimum absolute atomic E-state index is 0.0550. The van der Waals surface area contributed by atoms with E-state index in [9.17, 15) is 4.79 Å². The fraction of sp³-hybridized carbons (Fsp3) is 0.900. The van der Waals surface area contributed by atoms with E-state index in [1.165, 1.54) is 12.8 Å². The molecule has 0 spiro atoms. The molecule has 80 valence electrons. The summed E-state index contributed by atoms with van der Waals surface area (Å²) in [5.41, 5.74) is 0. The summed E-state index contributed by atoms with van der Waals surface area (Å²) in [4.78, 5) is 13.5. The van der Waals surface area contributed by atoms with Gasteiger partial charge in [-0.25, -0.2) is 0 Å². The van der Waals surface area contributed by atoms with Gasteiger partial charge in [0.05, 0.1) is 6.54 Å². The smallest absolute Gasteiger partial charge is 0.320 e. The van der Waals surface area contributed by atoms with Crippen LogP contribution in [0, 0.1) is 0 Å². The molecule has 1 heterocycles. The van der Waals surface area contributed by atoms with Crippen LogP contribution in [0.2, 0.25) is 0 Å². The normalized spacial score (nSPS) is 24.3. The number of nitrogens with one attached hydrogen (secondary N) is 1. The van der Waals surface area contributed by atoms with Crippen molar-refractivity contribution in [3.63, 3.8) is 0 Å². The first-order valence-electron chi connectivity index (χ1n) is 5.47. The van der Waals surface area contributed by atoms with Crippen molar-refractivity contribution in [2.45, 2.75) is 31.8 Å². The van der Waals surface area contributed by atoms with Gasteiger partial charge in [0.2, 0.25) is 0 Å². The molecule has 0 aromatic carbocycles. The van der Waals surface area contributed by atoms with Gasteiger partial charge in [-0.05, 0) is 25.7 Å². The van der Waals surface area contributed by atoms with Crippen molar-refractivity contribution in [2.75, 3.05) is 26.3 Å². The minimum Gasteiger partial charge on any atom is -0.461 e. The molecule has 0 aromatic rings. The maximum atomic E-state index is 11.5. The molecule has 0 bridgehead atoms. The molecule has 1 aliphatic carbocycles. The summed E-state index contributed by atoms with van der Waals surface area (Å²) in [5.74, 6) is -0.0550. The molecule has 1 saturated carbocycles. The Morgan fingerprint density at radius 2 is 2.21 bits per heavy atom. The average Bonchev–Trinajstić information content (AvgIpc) is 2.76. The second-order valence-corrected chi connectivity index (χ2v) is 4.11. The summed E-state index contributed by atoms with van der Waals surface area (Å²) in [5, 5.41) is 3.19.